The molecular formula is C23H26N4O. The van der Waals surface area contributed by atoms with Crippen molar-refractivity contribution in [2.75, 3.05) is 16.8 Å². The number of hydrogen-bond donors (Lipinski definition) is 1. The first kappa shape index (κ1) is 19.5. The lowest BCUT2D eigenvalue weighted by atomic mass is 10.0. The van der Waals surface area contributed by atoms with Gasteiger partial charge in [0.15, 0.2) is 0 Å². The molecule has 5 nitrogen and oxygen atoms in total. The lowest BCUT2D eigenvalue weighted by molar-refractivity contribution is 0.102. The van der Waals surface area contributed by atoms with Gasteiger partial charge in [0, 0.05) is 24.1 Å². The van der Waals surface area contributed by atoms with Gasteiger partial charge >= 0.3 is 0 Å². The predicted octanol–water partition coefficient (Wildman–Crippen LogP) is 5.32. The van der Waals surface area contributed by atoms with E-state index in [4.69, 9.17) is 0 Å². The molecule has 0 aliphatic carbocycles. The Morgan fingerprint density at radius 3 is 2.61 bits per heavy atom. The Bertz CT molecular complexity index is 968. The van der Waals surface area contributed by atoms with Crippen LogP contribution in [0.2, 0.25) is 0 Å². The second-order valence-corrected chi connectivity index (χ2v) is 7.02. The molecule has 28 heavy (non-hydrogen) atoms. The molecule has 0 saturated heterocycles. The van der Waals surface area contributed by atoms with Crippen LogP contribution in [0.3, 0.4) is 0 Å². The maximum absolute atomic E-state index is 12.8. The summed E-state index contributed by atoms with van der Waals surface area (Å²) < 4.78 is 0. The fourth-order valence-corrected chi connectivity index (χ4v) is 3.14. The van der Waals surface area contributed by atoms with Crippen LogP contribution in [0, 0.1) is 6.92 Å². The Morgan fingerprint density at radius 2 is 1.89 bits per heavy atom. The number of amides is 1. The van der Waals surface area contributed by atoms with Crippen LogP contribution in [0.5, 0.6) is 0 Å². The zero-order valence-electron chi connectivity index (χ0n) is 16.8. The van der Waals surface area contributed by atoms with Crippen LogP contribution in [0.4, 0.5) is 17.3 Å². The third-order valence-electron chi connectivity index (χ3n) is 4.58. The molecule has 0 aliphatic rings. The van der Waals surface area contributed by atoms with E-state index in [1.54, 1.807) is 12.3 Å². The van der Waals surface area contributed by atoms with E-state index in [0.29, 0.717) is 24.1 Å². The molecule has 144 valence electrons. The number of carbonyl (C=O) groups is 1. The minimum atomic E-state index is -0.239. The van der Waals surface area contributed by atoms with Gasteiger partial charge in [-0.05, 0) is 55.2 Å². The molecule has 1 amide bonds. The molecule has 5 heteroatoms. The van der Waals surface area contributed by atoms with Gasteiger partial charge in [-0.3, -0.25) is 4.79 Å². The second-order valence-electron chi connectivity index (χ2n) is 7.02. The van der Waals surface area contributed by atoms with Gasteiger partial charge in [-0.25, -0.2) is 9.97 Å². The van der Waals surface area contributed by atoms with E-state index in [9.17, 15) is 4.79 Å². The Balaban J connectivity index is 1.87. The van der Waals surface area contributed by atoms with Crippen LogP contribution in [0.1, 0.15) is 48.3 Å². The van der Waals surface area contributed by atoms with E-state index in [2.05, 4.69) is 35.2 Å². The Morgan fingerprint density at radius 1 is 1.11 bits per heavy atom. The fraction of sp³-hybridized carbons (Fsp3) is 0.261. The third kappa shape index (κ3) is 4.36. The summed E-state index contributed by atoms with van der Waals surface area (Å²) in [4.78, 5) is 23.7. The van der Waals surface area contributed by atoms with Crippen LogP contribution < -0.4 is 10.2 Å². The molecule has 3 rings (SSSR count). The SMILES string of the molecule is CCN(c1cccc(C)c1)c1nccc(C(=O)Nc2ccccc2C(C)C)n1. The Kier molecular flexibility index (Phi) is 6.04. The monoisotopic (exact) mass is 374 g/mol. The van der Waals surface area contributed by atoms with Crippen LogP contribution in [-0.2, 0) is 0 Å². The van der Waals surface area contributed by atoms with Gasteiger partial charge in [-0.15, -0.1) is 0 Å². The van der Waals surface area contributed by atoms with Crippen LogP contribution >= 0.6 is 0 Å². The van der Waals surface area contributed by atoms with Crippen LogP contribution in [0.25, 0.3) is 0 Å². The molecule has 1 aromatic heterocycles. The number of nitrogens with one attached hydrogen (secondary N) is 1. The van der Waals surface area contributed by atoms with E-state index in [-0.39, 0.29) is 5.91 Å². The molecule has 0 radical (unpaired) electrons. The molecule has 0 aliphatic heterocycles. The zero-order valence-corrected chi connectivity index (χ0v) is 16.8. The number of nitrogens with zero attached hydrogens (tertiary/aromatic N) is 3. The summed E-state index contributed by atoms with van der Waals surface area (Å²) in [6, 6.07) is 17.6. The highest BCUT2D eigenvalue weighted by Crippen LogP contribution is 2.25. The maximum atomic E-state index is 12.8. The lowest BCUT2D eigenvalue weighted by Crippen LogP contribution is -2.21. The fourth-order valence-electron chi connectivity index (χ4n) is 3.14. The quantitative estimate of drug-likeness (QED) is 0.634. The van der Waals surface area contributed by atoms with Crippen molar-refractivity contribution < 1.29 is 4.79 Å². The number of aromatic nitrogens is 2. The van der Waals surface area contributed by atoms with Gasteiger partial charge in [0.05, 0.1) is 0 Å². The van der Waals surface area contributed by atoms with Gasteiger partial charge < -0.3 is 10.2 Å². The molecule has 0 atom stereocenters. The average molecular weight is 374 g/mol. The summed E-state index contributed by atoms with van der Waals surface area (Å²) in [6.45, 7) is 9.00. The summed E-state index contributed by atoms with van der Waals surface area (Å²) in [6.07, 6.45) is 1.63. The number of aryl methyl sites for hydroxylation is 1. The van der Waals surface area contributed by atoms with Gasteiger partial charge in [0.25, 0.3) is 5.91 Å². The van der Waals surface area contributed by atoms with Crippen LogP contribution in [-0.4, -0.2) is 22.4 Å². The first-order valence-corrected chi connectivity index (χ1v) is 9.57. The molecule has 1 heterocycles. The molecule has 2 aromatic carbocycles. The highest BCUT2D eigenvalue weighted by molar-refractivity contribution is 6.03. The third-order valence-corrected chi connectivity index (χ3v) is 4.58. The second kappa shape index (κ2) is 8.65. The van der Waals surface area contributed by atoms with Gasteiger partial charge in [-0.2, -0.15) is 0 Å². The Hall–Kier alpha value is -3.21. The van der Waals surface area contributed by atoms with E-state index in [1.165, 1.54) is 0 Å². The standard InChI is InChI=1S/C23H26N4O/c1-5-27(18-10-8-9-17(4)15-18)23-24-14-13-21(26-23)22(28)25-20-12-7-6-11-19(20)16(2)3/h6-16H,5H2,1-4H3,(H,25,28). The largest absolute Gasteiger partial charge is 0.320 e. The maximum Gasteiger partial charge on any atom is 0.274 e. The molecule has 0 spiro atoms. The van der Waals surface area contributed by atoms with Crippen molar-refractivity contribution in [3.05, 3.63) is 77.6 Å². The van der Waals surface area contributed by atoms with Gasteiger partial charge in [0.1, 0.15) is 5.69 Å². The summed E-state index contributed by atoms with van der Waals surface area (Å²) in [5.41, 5.74) is 4.42. The number of para-hydroxylation sites is 1. The summed E-state index contributed by atoms with van der Waals surface area (Å²) in [5, 5.41) is 2.99. The minimum Gasteiger partial charge on any atom is -0.320 e. The highest BCUT2D eigenvalue weighted by Gasteiger charge is 2.16. The smallest absolute Gasteiger partial charge is 0.274 e. The topological polar surface area (TPSA) is 58.1 Å². The zero-order chi connectivity index (χ0) is 20.1. The van der Waals surface area contributed by atoms with E-state index >= 15 is 0 Å². The van der Waals surface area contributed by atoms with Crippen LogP contribution in [0.15, 0.2) is 60.8 Å². The van der Waals surface area contributed by atoms with Crippen molar-refractivity contribution in [2.45, 2.75) is 33.6 Å². The minimum absolute atomic E-state index is 0.239. The number of anilines is 3. The summed E-state index contributed by atoms with van der Waals surface area (Å²) in [7, 11) is 0. The van der Waals surface area contributed by atoms with Gasteiger partial charge in [0.2, 0.25) is 5.95 Å². The predicted molar refractivity (Wildman–Crippen MR) is 114 cm³/mol. The number of hydrogen-bond acceptors (Lipinski definition) is 4. The molecule has 0 fully saturated rings. The van der Waals surface area contributed by atoms with Crippen molar-refractivity contribution in [1.82, 2.24) is 9.97 Å². The van der Waals surface area contributed by atoms with E-state index in [1.807, 2.05) is 61.2 Å². The average Bonchev–Trinajstić information content (AvgIpc) is 2.69. The summed E-state index contributed by atoms with van der Waals surface area (Å²) >= 11 is 0. The molecule has 3 aromatic rings. The van der Waals surface area contributed by atoms with Crippen molar-refractivity contribution in [3.8, 4) is 0 Å². The number of carbonyl (C=O) groups excluding carboxylic acids is 1. The van der Waals surface area contributed by atoms with Gasteiger partial charge in [-0.1, -0.05) is 44.2 Å². The highest BCUT2D eigenvalue weighted by atomic mass is 16.1. The number of rotatable bonds is 6. The van der Waals surface area contributed by atoms with E-state index in [0.717, 1.165) is 22.5 Å². The molecule has 0 saturated carbocycles. The molecule has 0 unspecified atom stereocenters. The first-order chi connectivity index (χ1) is 13.5. The van der Waals surface area contributed by atoms with Crippen molar-refractivity contribution in [1.29, 1.82) is 0 Å². The Labute approximate surface area is 166 Å². The first-order valence-electron chi connectivity index (χ1n) is 9.57. The van der Waals surface area contributed by atoms with E-state index < -0.39 is 0 Å². The number of benzene rings is 2. The molecule has 1 N–H and O–H groups in total. The molecular weight excluding hydrogens is 348 g/mol. The normalized spacial score (nSPS) is 10.8. The lowest BCUT2D eigenvalue weighted by Gasteiger charge is -2.21. The van der Waals surface area contributed by atoms with Crippen molar-refractivity contribution in [2.24, 2.45) is 0 Å². The van der Waals surface area contributed by atoms with Crippen molar-refractivity contribution >= 4 is 23.2 Å². The van der Waals surface area contributed by atoms with Crippen molar-refractivity contribution in [3.63, 3.8) is 0 Å². The molecule has 0 bridgehead atoms. The summed E-state index contributed by atoms with van der Waals surface area (Å²) in [5.74, 6) is 0.587.